The molecule has 4 nitrogen and oxygen atoms in total. The summed E-state index contributed by atoms with van der Waals surface area (Å²) in [5.41, 5.74) is 0. The molecule has 1 N–H and O–H groups in total. The van der Waals surface area contributed by atoms with E-state index in [1.54, 1.807) is 4.31 Å². The summed E-state index contributed by atoms with van der Waals surface area (Å²) in [6, 6.07) is 0.704. The van der Waals surface area contributed by atoms with Crippen molar-refractivity contribution in [1.82, 2.24) is 9.62 Å². The fraction of sp³-hybridized carbons (Fsp3) is 0.800. The number of rotatable bonds is 4. The third-order valence-corrected chi connectivity index (χ3v) is 4.08. The predicted molar refractivity (Wildman–Crippen MR) is 62.2 cm³/mol. The number of nitrogens with one attached hydrogen (secondary N) is 1. The van der Waals surface area contributed by atoms with Gasteiger partial charge in [-0.3, -0.25) is 0 Å². The van der Waals surface area contributed by atoms with Crippen molar-refractivity contribution < 1.29 is 8.42 Å². The molecule has 0 amide bonds. The monoisotopic (exact) mass is 232 g/mol. The first-order valence-corrected chi connectivity index (χ1v) is 7.12. The molecule has 1 rings (SSSR count). The number of hydrogen-bond donors (Lipinski definition) is 1. The standard InChI is InChI=1S/C10H20N2O2S/c1-4-9(2)11-10-5-7-12(8-6-10)15(3,13)14/h4,9-11H,1,5-8H2,2-3H3. The second kappa shape index (κ2) is 5.09. The zero-order valence-electron chi connectivity index (χ0n) is 9.44. The van der Waals surface area contributed by atoms with Gasteiger partial charge in [0.15, 0.2) is 0 Å². The van der Waals surface area contributed by atoms with E-state index < -0.39 is 10.0 Å². The van der Waals surface area contributed by atoms with Gasteiger partial charge >= 0.3 is 0 Å². The normalized spacial score (nSPS) is 22.5. The summed E-state index contributed by atoms with van der Waals surface area (Å²) in [6.45, 7) is 7.01. The zero-order chi connectivity index (χ0) is 11.5. The van der Waals surface area contributed by atoms with Gasteiger partial charge in [0.05, 0.1) is 6.26 Å². The van der Waals surface area contributed by atoms with Crippen molar-refractivity contribution in [3.63, 3.8) is 0 Å². The predicted octanol–water partition coefficient (Wildman–Crippen LogP) is 0.574. The van der Waals surface area contributed by atoms with E-state index in [0.29, 0.717) is 25.2 Å². The van der Waals surface area contributed by atoms with Gasteiger partial charge in [0.2, 0.25) is 10.0 Å². The lowest BCUT2D eigenvalue weighted by molar-refractivity contribution is 0.285. The van der Waals surface area contributed by atoms with Crippen molar-refractivity contribution in [2.24, 2.45) is 0 Å². The molecule has 5 heteroatoms. The molecular weight excluding hydrogens is 212 g/mol. The molecule has 88 valence electrons. The Bertz CT molecular complexity index is 305. The highest BCUT2D eigenvalue weighted by Crippen LogP contribution is 2.13. The third kappa shape index (κ3) is 3.93. The highest BCUT2D eigenvalue weighted by molar-refractivity contribution is 7.88. The van der Waals surface area contributed by atoms with E-state index in [0.717, 1.165) is 12.8 Å². The molecule has 1 saturated heterocycles. The van der Waals surface area contributed by atoms with Crippen LogP contribution in [-0.2, 0) is 10.0 Å². The van der Waals surface area contributed by atoms with Crippen molar-refractivity contribution >= 4 is 10.0 Å². The Morgan fingerprint density at radius 1 is 1.47 bits per heavy atom. The maximum atomic E-state index is 11.3. The summed E-state index contributed by atoms with van der Waals surface area (Å²) in [5, 5.41) is 3.40. The van der Waals surface area contributed by atoms with Gasteiger partial charge in [-0.15, -0.1) is 6.58 Å². The molecule has 0 spiro atoms. The number of nitrogens with zero attached hydrogens (tertiary/aromatic N) is 1. The lowest BCUT2D eigenvalue weighted by Gasteiger charge is -2.31. The van der Waals surface area contributed by atoms with Crippen LogP contribution in [0.2, 0.25) is 0 Å². The highest BCUT2D eigenvalue weighted by atomic mass is 32.2. The molecule has 1 heterocycles. The van der Waals surface area contributed by atoms with E-state index in [9.17, 15) is 8.42 Å². The molecule has 1 aliphatic heterocycles. The first-order chi connectivity index (χ1) is 6.93. The van der Waals surface area contributed by atoms with E-state index in [-0.39, 0.29) is 0 Å². The molecular formula is C10H20N2O2S. The van der Waals surface area contributed by atoms with Crippen LogP contribution in [0.3, 0.4) is 0 Å². The smallest absolute Gasteiger partial charge is 0.211 e. The molecule has 0 aliphatic carbocycles. The molecule has 1 atom stereocenters. The molecule has 0 radical (unpaired) electrons. The van der Waals surface area contributed by atoms with Crippen LogP contribution in [0.1, 0.15) is 19.8 Å². The van der Waals surface area contributed by atoms with Crippen LogP contribution in [0.5, 0.6) is 0 Å². The molecule has 15 heavy (non-hydrogen) atoms. The molecule has 0 aromatic carbocycles. The SMILES string of the molecule is C=CC(C)NC1CCN(S(C)(=O)=O)CC1. The molecule has 0 bridgehead atoms. The Morgan fingerprint density at radius 3 is 2.40 bits per heavy atom. The Labute approximate surface area is 92.4 Å². The van der Waals surface area contributed by atoms with Gasteiger partial charge in [0.1, 0.15) is 0 Å². The van der Waals surface area contributed by atoms with E-state index in [4.69, 9.17) is 0 Å². The topological polar surface area (TPSA) is 49.4 Å². The summed E-state index contributed by atoms with van der Waals surface area (Å²) >= 11 is 0. The Hall–Kier alpha value is -0.390. The fourth-order valence-electron chi connectivity index (χ4n) is 1.79. The van der Waals surface area contributed by atoms with Crippen LogP contribution in [0.25, 0.3) is 0 Å². The van der Waals surface area contributed by atoms with E-state index in [1.165, 1.54) is 6.26 Å². The minimum atomic E-state index is -3.00. The summed E-state index contributed by atoms with van der Waals surface area (Å²) < 4.78 is 24.1. The van der Waals surface area contributed by atoms with Gasteiger partial charge in [0.25, 0.3) is 0 Å². The van der Waals surface area contributed by atoms with Crippen LogP contribution in [0.4, 0.5) is 0 Å². The highest BCUT2D eigenvalue weighted by Gasteiger charge is 2.24. The van der Waals surface area contributed by atoms with Crippen LogP contribution in [0, 0.1) is 0 Å². The maximum absolute atomic E-state index is 11.3. The second-order valence-corrected chi connectivity index (χ2v) is 6.11. The first kappa shape index (κ1) is 12.7. The molecule has 1 aliphatic rings. The quantitative estimate of drug-likeness (QED) is 0.721. The van der Waals surface area contributed by atoms with Crippen molar-refractivity contribution in [3.05, 3.63) is 12.7 Å². The average molecular weight is 232 g/mol. The van der Waals surface area contributed by atoms with Crippen molar-refractivity contribution in [2.75, 3.05) is 19.3 Å². The van der Waals surface area contributed by atoms with E-state index >= 15 is 0 Å². The van der Waals surface area contributed by atoms with Gasteiger partial charge in [-0.1, -0.05) is 6.08 Å². The Morgan fingerprint density at radius 2 is 2.00 bits per heavy atom. The molecule has 0 aromatic heterocycles. The summed E-state index contributed by atoms with van der Waals surface area (Å²) in [4.78, 5) is 0. The molecule has 0 aromatic rings. The van der Waals surface area contributed by atoms with Gasteiger partial charge < -0.3 is 5.32 Å². The van der Waals surface area contributed by atoms with E-state index in [2.05, 4.69) is 18.8 Å². The summed E-state index contributed by atoms with van der Waals surface area (Å²) in [5.74, 6) is 0. The Balaban J connectivity index is 2.39. The average Bonchev–Trinajstić information content (AvgIpc) is 2.17. The van der Waals surface area contributed by atoms with Crippen LogP contribution >= 0.6 is 0 Å². The van der Waals surface area contributed by atoms with Crippen LogP contribution in [-0.4, -0.2) is 44.2 Å². The lowest BCUT2D eigenvalue weighted by atomic mass is 10.1. The fourth-order valence-corrected chi connectivity index (χ4v) is 2.67. The van der Waals surface area contributed by atoms with E-state index in [1.807, 2.05) is 6.08 Å². The third-order valence-electron chi connectivity index (χ3n) is 2.78. The Kier molecular flexibility index (Phi) is 4.31. The van der Waals surface area contributed by atoms with Gasteiger partial charge in [-0.25, -0.2) is 12.7 Å². The van der Waals surface area contributed by atoms with Crippen molar-refractivity contribution in [3.8, 4) is 0 Å². The minimum absolute atomic E-state index is 0.291. The van der Waals surface area contributed by atoms with Gasteiger partial charge in [-0.05, 0) is 19.8 Å². The molecule has 1 fully saturated rings. The number of hydrogen-bond acceptors (Lipinski definition) is 3. The molecule has 0 saturated carbocycles. The van der Waals surface area contributed by atoms with Crippen molar-refractivity contribution in [2.45, 2.75) is 31.8 Å². The van der Waals surface area contributed by atoms with Gasteiger partial charge in [0, 0.05) is 25.2 Å². The van der Waals surface area contributed by atoms with Crippen LogP contribution in [0.15, 0.2) is 12.7 Å². The van der Waals surface area contributed by atoms with Crippen LogP contribution < -0.4 is 5.32 Å². The maximum Gasteiger partial charge on any atom is 0.211 e. The zero-order valence-corrected chi connectivity index (χ0v) is 10.3. The lowest BCUT2D eigenvalue weighted by Crippen LogP contribution is -2.46. The second-order valence-electron chi connectivity index (χ2n) is 4.13. The first-order valence-electron chi connectivity index (χ1n) is 5.27. The number of piperidine rings is 1. The number of sulfonamides is 1. The van der Waals surface area contributed by atoms with Crippen molar-refractivity contribution in [1.29, 1.82) is 0 Å². The minimum Gasteiger partial charge on any atom is -0.308 e. The van der Waals surface area contributed by atoms with Gasteiger partial charge in [-0.2, -0.15) is 0 Å². The largest absolute Gasteiger partial charge is 0.308 e. The summed E-state index contributed by atoms with van der Waals surface area (Å²) in [6.07, 6.45) is 4.90. The summed E-state index contributed by atoms with van der Waals surface area (Å²) in [7, 11) is -3.00. The molecule has 1 unspecified atom stereocenters.